The summed E-state index contributed by atoms with van der Waals surface area (Å²) in [5.74, 6) is 0.598. The number of carbonyl (C=O) groups is 1. The van der Waals surface area contributed by atoms with E-state index >= 15 is 0 Å². The van der Waals surface area contributed by atoms with Gasteiger partial charge >= 0.3 is 0 Å². The van der Waals surface area contributed by atoms with Crippen LogP contribution in [-0.2, 0) is 11.3 Å². The number of carbonyl (C=O) groups excluding carboxylic acids is 1. The molecule has 8 heteroatoms. The van der Waals surface area contributed by atoms with Crippen LogP contribution in [0.2, 0.25) is 10.0 Å². The number of nitrogens with one attached hydrogen (secondary N) is 1. The molecule has 6 nitrogen and oxygen atoms in total. The molecular weight excluding hydrogens is 393 g/mol. The third-order valence-corrected chi connectivity index (χ3v) is 4.73. The molecule has 1 heterocycles. The van der Waals surface area contributed by atoms with Crippen LogP contribution in [0.15, 0.2) is 30.3 Å². The monoisotopic (exact) mass is 411 g/mol. The number of aliphatic hydroxyl groups is 1. The minimum absolute atomic E-state index is 0.0767. The van der Waals surface area contributed by atoms with E-state index in [1.807, 2.05) is 0 Å². The minimum atomic E-state index is -0.397. The number of benzene rings is 2. The summed E-state index contributed by atoms with van der Waals surface area (Å²) in [6.45, 7) is 0.952. The molecule has 1 saturated heterocycles. The van der Waals surface area contributed by atoms with E-state index in [0.717, 1.165) is 6.42 Å². The summed E-state index contributed by atoms with van der Waals surface area (Å²) in [5.41, 5.74) is 1.20. The Morgan fingerprint density at radius 3 is 2.59 bits per heavy atom. The van der Waals surface area contributed by atoms with Crippen LogP contribution in [0.3, 0.4) is 0 Å². The van der Waals surface area contributed by atoms with E-state index in [4.69, 9.17) is 37.4 Å². The lowest BCUT2D eigenvalue weighted by Gasteiger charge is -2.16. The van der Waals surface area contributed by atoms with Crippen LogP contribution in [0, 0.1) is 0 Å². The lowest BCUT2D eigenvalue weighted by atomic mass is 10.1. The molecule has 1 unspecified atom stereocenters. The summed E-state index contributed by atoms with van der Waals surface area (Å²) in [6.07, 6.45) is 0.703. The number of ether oxygens (including phenoxy) is 3. The Bertz CT molecular complexity index is 814. The van der Waals surface area contributed by atoms with Crippen molar-refractivity contribution in [1.82, 2.24) is 0 Å². The molecule has 1 amide bonds. The first-order chi connectivity index (χ1) is 13.0. The predicted octanol–water partition coefficient (Wildman–Crippen LogP) is 3.91. The van der Waals surface area contributed by atoms with E-state index in [0.29, 0.717) is 35.8 Å². The molecule has 0 radical (unpaired) electrons. The van der Waals surface area contributed by atoms with E-state index in [9.17, 15) is 9.90 Å². The molecule has 2 aromatic rings. The Morgan fingerprint density at radius 2 is 2.00 bits per heavy atom. The third-order valence-electron chi connectivity index (χ3n) is 4.13. The first-order valence-corrected chi connectivity index (χ1v) is 9.10. The molecule has 0 aromatic heterocycles. The largest absolute Gasteiger partial charge is 0.493 e. The van der Waals surface area contributed by atoms with Crippen molar-refractivity contribution in [3.05, 3.63) is 51.5 Å². The van der Waals surface area contributed by atoms with E-state index in [2.05, 4.69) is 5.32 Å². The lowest BCUT2D eigenvalue weighted by molar-refractivity contribution is 0.102. The highest BCUT2D eigenvalue weighted by Gasteiger charge is 2.21. The molecule has 2 N–H and O–H groups in total. The highest BCUT2D eigenvalue weighted by Crippen LogP contribution is 2.34. The first-order valence-electron chi connectivity index (χ1n) is 8.34. The molecule has 0 bridgehead atoms. The van der Waals surface area contributed by atoms with Crippen LogP contribution >= 0.6 is 23.2 Å². The van der Waals surface area contributed by atoms with Crippen molar-refractivity contribution in [3.63, 3.8) is 0 Å². The second-order valence-corrected chi connectivity index (χ2v) is 6.83. The van der Waals surface area contributed by atoms with Gasteiger partial charge in [0.2, 0.25) is 0 Å². The van der Waals surface area contributed by atoms with E-state index in [1.54, 1.807) is 30.3 Å². The Balaban J connectivity index is 1.82. The van der Waals surface area contributed by atoms with Gasteiger partial charge in [0, 0.05) is 12.0 Å². The lowest BCUT2D eigenvalue weighted by Crippen LogP contribution is -2.17. The van der Waals surface area contributed by atoms with Crippen LogP contribution in [0.1, 0.15) is 22.3 Å². The van der Waals surface area contributed by atoms with E-state index in [1.165, 1.54) is 7.11 Å². The quantitative estimate of drug-likeness (QED) is 0.753. The number of amides is 1. The summed E-state index contributed by atoms with van der Waals surface area (Å²) < 4.78 is 16.5. The molecule has 0 aliphatic carbocycles. The van der Waals surface area contributed by atoms with Gasteiger partial charge in [0.05, 0.1) is 42.7 Å². The van der Waals surface area contributed by atoms with Crippen molar-refractivity contribution >= 4 is 34.8 Å². The number of hydrogen-bond donors (Lipinski definition) is 2. The fourth-order valence-corrected chi connectivity index (χ4v) is 3.34. The van der Waals surface area contributed by atoms with Gasteiger partial charge in [0.25, 0.3) is 5.91 Å². The Labute approximate surface area is 166 Å². The molecule has 1 aliphatic rings. The van der Waals surface area contributed by atoms with Gasteiger partial charge in [-0.3, -0.25) is 4.79 Å². The molecule has 1 fully saturated rings. The zero-order valence-corrected chi connectivity index (χ0v) is 16.1. The number of methoxy groups -OCH3 is 1. The Kier molecular flexibility index (Phi) is 6.44. The molecule has 0 spiro atoms. The normalized spacial score (nSPS) is 16.2. The predicted molar refractivity (Wildman–Crippen MR) is 103 cm³/mol. The topological polar surface area (TPSA) is 77.0 Å². The summed E-state index contributed by atoms with van der Waals surface area (Å²) in [6, 6.07) is 7.99. The number of anilines is 1. The van der Waals surface area contributed by atoms with Crippen molar-refractivity contribution < 1.29 is 24.1 Å². The summed E-state index contributed by atoms with van der Waals surface area (Å²) in [5, 5.41) is 12.4. The maximum Gasteiger partial charge on any atom is 0.255 e. The fourth-order valence-electron chi connectivity index (χ4n) is 2.72. The molecule has 1 aliphatic heterocycles. The van der Waals surface area contributed by atoms with Crippen molar-refractivity contribution in [2.45, 2.75) is 19.1 Å². The zero-order valence-electron chi connectivity index (χ0n) is 14.6. The van der Waals surface area contributed by atoms with Gasteiger partial charge in [-0.05, 0) is 35.9 Å². The van der Waals surface area contributed by atoms with Crippen LogP contribution in [0.5, 0.6) is 11.5 Å². The van der Waals surface area contributed by atoms with Gasteiger partial charge in [-0.15, -0.1) is 0 Å². The van der Waals surface area contributed by atoms with Crippen LogP contribution in [0.25, 0.3) is 0 Å². The Hall–Kier alpha value is -1.99. The van der Waals surface area contributed by atoms with Gasteiger partial charge in [0.1, 0.15) is 6.10 Å². The van der Waals surface area contributed by atoms with Crippen molar-refractivity contribution in [2.75, 3.05) is 25.6 Å². The molecule has 144 valence electrons. The number of halogens is 2. The Morgan fingerprint density at radius 1 is 1.26 bits per heavy atom. The molecule has 27 heavy (non-hydrogen) atoms. The molecule has 1 atom stereocenters. The summed E-state index contributed by atoms with van der Waals surface area (Å²) in [7, 11) is 1.54. The maximum absolute atomic E-state index is 12.7. The third kappa shape index (κ3) is 4.65. The zero-order chi connectivity index (χ0) is 19.4. The summed E-state index contributed by atoms with van der Waals surface area (Å²) >= 11 is 12.3. The maximum atomic E-state index is 12.7. The van der Waals surface area contributed by atoms with Gasteiger partial charge in [-0.25, -0.2) is 0 Å². The van der Waals surface area contributed by atoms with Crippen LogP contribution in [0.4, 0.5) is 5.69 Å². The second-order valence-electron chi connectivity index (χ2n) is 6.02. The van der Waals surface area contributed by atoms with Gasteiger partial charge in [-0.2, -0.15) is 0 Å². The smallest absolute Gasteiger partial charge is 0.255 e. The SMILES string of the molecule is COc1ccc(C(=O)Nc2c(Cl)cc(CO)cc2Cl)cc1OC1CCOC1. The molecule has 0 saturated carbocycles. The van der Waals surface area contributed by atoms with Crippen molar-refractivity contribution in [3.8, 4) is 11.5 Å². The van der Waals surface area contributed by atoms with Crippen molar-refractivity contribution in [2.24, 2.45) is 0 Å². The highest BCUT2D eigenvalue weighted by atomic mass is 35.5. The fraction of sp³-hybridized carbons (Fsp3) is 0.316. The number of rotatable bonds is 6. The standard InChI is InChI=1S/C19H19Cl2NO5/c1-25-16-3-2-12(8-17(16)27-13-4-5-26-10-13)19(24)22-18-14(20)6-11(9-23)7-15(18)21/h2-3,6-8,13,23H,4-5,9-10H2,1H3,(H,22,24). The number of hydrogen-bond acceptors (Lipinski definition) is 5. The van der Waals surface area contributed by atoms with Gasteiger partial charge in [-0.1, -0.05) is 23.2 Å². The van der Waals surface area contributed by atoms with Gasteiger partial charge in [0.15, 0.2) is 11.5 Å². The molecule has 3 rings (SSSR count). The average Bonchev–Trinajstić information content (AvgIpc) is 3.17. The summed E-state index contributed by atoms with van der Waals surface area (Å²) in [4.78, 5) is 12.7. The first kappa shape index (κ1) is 19.8. The highest BCUT2D eigenvalue weighted by molar-refractivity contribution is 6.40. The average molecular weight is 412 g/mol. The molecular formula is C19H19Cl2NO5. The number of aliphatic hydroxyl groups excluding tert-OH is 1. The molecule has 2 aromatic carbocycles. The second kappa shape index (κ2) is 8.80. The van der Waals surface area contributed by atoms with Gasteiger partial charge < -0.3 is 24.6 Å². The van der Waals surface area contributed by atoms with E-state index < -0.39 is 5.91 Å². The van der Waals surface area contributed by atoms with Crippen molar-refractivity contribution in [1.29, 1.82) is 0 Å². The van der Waals surface area contributed by atoms with Crippen LogP contribution < -0.4 is 14.8 Å². The van der Waals surface area contributed by atoms with Crippen LogP contribution in [-0.4, -0.2) is 37.4 Å². The van der Waals surface area contributed by atoms with E-state index in [-0.39, 0.29) is 28.4 Å². The minimum Gasteiger partial charge on any atom is -0.493 e.